The molecule has 0 atom stereocenters. The lowest BCUT2D eigenvalue weighted by Crippen LogP contribution is -1.97. The molecule has 0 saturated heterocycles. The third kappa shape index (κ3) is 6.13. The molecule has 34 heavy (non-hydrogen) atoms. The summed E-state index contributed by atoms with van der Waals surface area (Å²) in [5, 5.41) is 1.93. The van der Waals surface area contributed by atoms with Crippen molar-refractivity contribution in [1.29, 1.82) is 0 Å². The average molecular weight is 486 g/mol. The number of isothiocyanates is 1. The summed E-state index contributed by atoms with van der Waals surface area (Å²) in [5.74, 6) is -3.98. The average Bonchev–Trinajstić information content (AvgIpc) is 2.83. The molecule has 3 rings (SSSR count). The fourth-order valence-corrected chi connectivity index (χ4v) is 3.52. The van der Waals surface area contributed by atoms with Crippen molar-refractivity contribution in [2.45, 2.75) is 25.7 Å². The van der Waals surface area contributed by atoms with Crippen LogP contribution in [0.15, 0.2) is 78.1 Å². The fraction of sp³-hybridized carbons (Fsp3) is 0.148. The minimum absolute atomic E-state index is 0.0612. The predicted octanol–water partition coefficient (Wildman–Crippen LogP) is 8.86. The van der Waals surface area contributed by atoms with Gasteiger partial charge in [-0.1, -0.05) is 42.5 Å². The highest BCUT2D eigenvalue weighted by Gasteiger charge is 2.13. The second kappa shape index (κ2) is 11.6. The number of rotatable bonds is 9. The number of nitrogens with zero attached hydrogens (tertiary/aromatic N) is 1. The first-order valence-corrected chi connectivity index (χ1v) is 10.8. The number of halogens is 5. The Balaban J connectivity index is 1.73. The summed E-state index contributed by atoms with van der Waals surface area (Å²) in [4.78, 5) is 3.36. The molecule has 0 N–H and O–H groups in total. The van der Waals surface area contributed by atoms with E-state index in [4.69, 9.17) is 0 Å². The summed E-state index contributed by atoms with van der Waals surface area (Å²) in [6.45, 7) is 3.49. The Morgan fingerprint density at radius 3 is 2.12 bits per heavy atom. The van der Waals surface area contributed by atoms with Crippen molar-refractivity contribution in [2.24, 2.45) is 4.99 Å². The van der Waals surface area contributed by atoms with Crippen LogP contribution in [0.2, 0.25) is 0 Å². The molecule has 0 aliphatic rings. The van der Waals surface area contributed by atoms with Gasteiger partial charge in [-0.25, -0.2) is 22.0 Å². The van der Waals surface area contributed by atoms with Crippen LogP contribution < -0.4 is 0 Å². The van der Waals surface area contributed by atoms with Gasteiger partial charge in [0.1, 0.15) is 17.3 Å². The van der Waals surface area contributed by atoms with E-state index in [2.05, 4.69) is 23.8 Å². The first-order chi connectivity index (χ1) is 16.3. The van der Waals surface area contributed by atoms with Gasteiger partial charge >= 0.3 is 0 Å². The van der Waals surface area contributed by atoms with Crippen LogP contribution in [0.1, 0.15) is 29.5 Å². The summed E-state index contributed by atoms with van der Waals surface area (Å²) < 4.78 is 70.7. The zero-order chi connectivity index (χ0) is 24.7. The predicted molar refractivity (Wildman–Crippen MR) is 129 cm³/mol. The topological polar surface area (TPSA) is 12.4 Å². The third-order valence-electron chi connectivity index (χ3n) is 5.25. The highest BCUT2D eigenvalue weighted by atomic mass is 32.1. The molecule has 1 nitrogen and oxygen atoms in total. The van der Waals surface area contributed by atoms with E-state index in [1.807, 2.05) is 5.16 Å². The molecule has 3 aromatic rings. The smallest absolute Gasteiger partial charge is 0.161 e. The van der Waals surface area contributed by atoms with Crippen molar-refractivity contribution in [3.8, 4) is 11.1 Å². The largest absolute Gasteiger partial charge is 0.209 e. The van der Waals surface area contributed by atoms with E-state index in [1.165, 1.54) is 24.3 Å². The lowest BCUT2D eigenvalue weighted by atomic mass is 9.98. The molecule has 0 aliphatic heterocycles. The lowest BCUT2D eigenvalue weighted by molar-refractivity contribution is 0.566. The van der Waals surface area contributed by atoms with Gasteiger partial charge in [0.15, 0.2) is 17.5 Å². The molecule has 174 valence electrons. The maximum Gasteiger partial charge on any atom is 0.161 e. The summed E-state index contributed by atoms with van der Waals surface area (Å²) in [7, 11) is 0. The van der Waals surface area contributed by atoms with Crippen molar-refractivity contribution in [3.63, 3.8) is 0 Å². The van der Waals surface area contributed by atoms with Gasteiger partial charge in [0, 0.05) is 12.0 Å². The summed E-state index contributed by atoms with van der Waals surface area (Å²) in [6, 6.07) is 12.9. The quantitative estimate of drug-likeness (QED) is 0.128. The monoisotopic (exact) mass is 485 g/mol. The van der Waals surface area contributed by atoms with E-state index >= 15 is 0 Å². The molecular formula is C27H20F5NS. The molecule has 0 bridgehead atoms. The van der Waals surface area contributed by atoms with Crippen LogP contribution in [0.25, 0.3) is 17.0 Å². The standard InChI is InChI=1S/C27H20F5NS/c1-2-3-4-22(28)26(32)20-10-7-18(8-11-20)21-12-9-19(23(29)15-21)6-5-17-13-24(30)27(33-16-34)25(31)14-17/h2,7-15H,1,3-6H2/b26-22+. The van der Waals surface area contributed by atoms with Crippen LogP contribution in [0.5, 0.6) is 0 Å². The van der Waals surface area contributed by atoms with Gasteiger partial charge in [-0.3, -0.25) is 0 Å². The van der Waals surface area contributed by atoms with Crippen LogP contribution >= 0.6 is 12.2 Å². The van der Waals surface area contributed by atoms with Crippen molar-refractivity contribution < 1.29 is 22.0 Å². The van der Waals surface area contributed by atoms with Crippen molar-refractivity contribution in [3.05, 3.63) is 107 Å². The fourth-order valence-electron chi connectivity index (χ4n) is 3.43. The molecule has 0 heterocycles. The number of hydrogen-bond donors (Lipinski definition) is 0. The number of benzene rings is 3. The summed E-state index contributed by atoms with van der Waals surface area (Å²) in [5.41, 5.74) is 1.52. The van der Waals surface area contributed by atoms with Gasteiger partial charge < -0.3 is 0 Å². The lowest BCUT2D eigenvalue weighted by Gasteiger charge is -2.09. The van der Waals surface area contributed by atoms with E-state index in [1.54, 1.807) is 24.3 Å². The van der Waals surface area contributed by atoms with Gasteiger partial charge in [0.2, 0.25) is 0 Å². The maximum atomic E-state index is 14.7. The molecule has 0 aromatic heterocycles. The molecule has 0 saturated carbocycles. The molecule has 0 radical (unpaired) electrons. The van der Waals surface area contributed by atoms with Crippen LogP contribution in [-0.2, 0) is 12.8 Å². The zero-order valence-corrected chi connectivity index (χ0v) is 18.9. The number of allylic oxidation sites excluding steroid dienone is 2. The normalized spacial score (nSPS) is 11.6. The van der Waals surface area contributed by atoms with E-state index < -0.39 is 34.8 Å². The molecule has 3 aromatic carbocycles. The van der Waals surface area contributed by atoms with Gasteiger partial charge in [0.05, 0.1) is 5.16 Å². The second-order valence-corrected chi connectivity index (χ2v) is 7.72. The minimum atomic E-state index is -0.926. The summed E-state index contributed by atoms with van der Waals surface area (Å²) >= 11 is 4.37. The molecular weight excluding hydrogens is 465 g/mol. The van der Waals surface area contributed by atoms with Crippen LogP contribution in [-0.4, -0.2) is 5.16 Å². The van der Waals surface area contributed by atoms with Gasteiger partial charge in [-0.05, 0) is 71.9 Å². The summed E-state index contributed by atoms with van der Waals surface area (Å²) in [6.07, 6.45) is 2.22. The Morgan fingerprint density at radius 1 is 0.882 bits per heavy atom. The van der Waals surface area contributed by atoms with E-state index in [9.17, 15) is 22.0 Å². The zero-order valence-electron chi connectivity index (χ0n) is 18.1. The molecule has 0 amide bonds. The first-order valence-electron chi connectivity index (χ1n) is 10.4. The Bertz CT molecular complexity index is 1250. The molecule has 7 heteroatoms. The molecule has 0 fully saturated rings. The molecule has 0 spiro atoms. The highest BCUT2D eigenvalue weighted by Crippen LogP contribution is 2.29. The van der Waals surface area contributed by atoms with Gasteiger partial charge in [-0.15, -0.1) is 6.58 Å². The van der Waals surface area contributed by atoms with Crippen molar-refractivity contribution in [1.82, 2.24) is 0 Å². The number of hydrogen-bond acceptors (Lipinski definition) is 2. The van der Waals surface area contributed by atoms with Gasteiger partial charge in [-0.2, -0.15) is 4.99 Å². The van der Waals surface area contributed by atoms with Crippen LogP contribution in [0.3, 0.4) is 0 Å². The van der Waals surface area contributed by atoms with E-state index in [-0.39, 0.29) is 24.8 Å². The number of aryl methyl sites for hydroxylation is 2. The number of thiocarbonyl (C=S) groups is 1. The maximum absolute atomic E-state index is 14.7. The third-order valence-corrected chi connectivity index (χ3v) is 5.34. The SMILES string of the molecule is C=CCC/C(F)=C(\F)c1ccc(-c2ccc(CCc3cc(F)c(N=C=S)c(F)c3)c(F)c2)cc1. The van der Waals surface area contributed by atoms with E-state index in [0.29, 0.717) is 28.7 Å². The van der Waals surface area contributed by atoms with Crippen molar-refractivity contribution >= 4 is 28.9 Å². The molecule has 0 unspecified atom stereocenters. The Hall–Kier alpha value is -3.41. The highest BCUT2D eigenvalue weighted by molar-refractivity contribution is 7.78. The Labute approximate surface area is 200 Å². The first kappa shape index (κ1) is 25.2. The minimum Gasteiger partial charge on any atom is -0.209 e. The van der Waals surface area contributed by atoms with Crippen molar-refractivity contribution in [2.75, 3.05) is 0 Å². The van der Waals surface area contributed by atoms with Gasteiger partial charge in [0.25, 0.3) is 0 Å². The second-order valence-electron chi connectivity index (χ2n) is 7.54. The molecule has 0 aliphatic carbocycles. The Morgan fingerprint density at radius 2 is 1.53 bits per heavy atom. The van der Waals surface area contributed by atoms with E-state index in [0.717, 1.165) is 12.1 Å². The van der Waals surface area contributed by atoms with Crippen LogP contribution in [0, 0.1) is 17.5 Å². The Kier molecular flexibility index (Phi) is 8.63. The van der Waals surface area contributed by atoms with Crippen LogP contribution in [0.4, 0.5) is 27.6 Å². The number of aliphatic imine (C=N–C) groups is 1.